The summed E-state index contributed by atoms with van der Waals surface area (Å²) in [6.45, 7) is 4.37. The molecular weight excluding hydrogens is 220 g/mol. The highest BCUT2D eigenvalue weighted by Gasteiger charge is 2.10. The molecule has 0 radical (unpaired) electrons. The van der Waals surface area contributed by atoms with Crippen LogP contribution in [0.2, 0.25) is 0 Å². The molecule has 1 aromatic heterocycles. The Morgan fingerprint density at radius 1 is 1.00 bits per heavy atom. The molecule has 2 rings (SSSR count). The molecule has 2 nitrogen and oxygen atoms in total. The highest BCUT2D eigenvalue weighted by Crippen LogP contribution is 2.11. The minimum Gasteiger partial charge on any atom is -0.306 e. The lowest BCUT2D eigenvalue weighted by Gasteiger charge is -2.19. The largest absolute Gasteiger partial charge is 0.306 e. The fourth-order valence-electron chi connectivity index (χ4n) is 2.17. The van der Waals surface area contributed by atoms with E-state index in [0.29, 0.717) is 6.04 Å². The molecule has 2 heteroatoms. The van der Waals surface area contributed by atoms with E-state index in [2.05, 4.69) is 60.5 Å². The first-order valence-electron chi connectivity index (χ1n) is 6.46. The summed E-state index contributed by atoms with van der Waals surface area (Å²) >= 11 is 0. The van der Waals surface area contributed by atoms with Crippen LogP contribution >= 0.6 is 0 Å². The van der Waals surface area contributed by atoms with Gasteiger partial charge in [-0.15, -0.1) is 0 Å². The Bertz CT molecular complexity index is 453. The summed E-state index contributed by atoms with van der Waals surface area (Å²) in [6, 6.07) is 17.3. The predicted octanol–water partition coefficient (Wildman–Crippen LogP) is 3.36. The molecule has 0 amide bonds. The van der Waals surface area contributed by atoms with Crippen molar-refractivity contribution in [3.05, 3.63) is 66.0 Å². The second kappa shape index (κ2) is 6.31. The summed E-state index contributed by atoms with van der Waals surface area (Å²) in [5.74, 6) is 0. The number of aromatic nitrogens is 1. The molecule has 0 saturated heterocycles. The Hall–Kier alpha value is -1.67. The van der Waals surface area contributed by atoms with E-state index in [1.807, 2.05) is 18.3 Å². The lowest BCUT2D eigenvalue weighted by molar-refractivity contribution is 0.470. The zero-order valence-corrected chi connectivity index (χ0v) is 11.0. The van der Waals surface area contributed by atoms with Gasteiger partial charge in [0.15, 0.2) is 0 Å². The minimum atomic E-state index is 0.282. The number of rotatable bonds is 5. The molecule has 18 heavy (non-hydrogen) atoms. The summed E-state index contributed by atoms with van der Waals surface area (Å²) in [7, 11) is 0. The molecular formula is C16H20N2. The zero-order valence-electron chi connectivity index (χ0n) is 11.0. The predicted molar refractivity (Wildman–Crippen MR) is 75.4 cm³/mol. The van der Waals surface area contributed by atoms with Crippen LogP contribution in [-0.2, 0) is 6.42 Å². The van der Waals surface area contributed by atoms with E-state index in [9.17, 15) is 0 Å². The van der Waals surface area contributed by atoms with Crippen molar-refractivity contribution in [2.75, 3.05) is 0 Å². The van der Waals surface area contributed by atoms with Crippen LogP contribution in [0.5, 0.6) is 0 Å². The molecule has 94 valence electrons. The van der Waals surface area contributed by atoms with E-state index < -0.39 is 0 Å². The van der Waals surface area contributed by atoms with Crippen molar-refractivity contribution >= 4 is 0 Å². The summed E-state index contributed by atoms with van der Waals surface area (Å²) in [6.07, 6.45) is 2.88. The highest BCUT2D eigenvalue weighted by atomic mass is 15.0. The SMILES string of the molecule is CC(Cc1ccccc1)N[C@@H](C)c1ccccn1. The molecule has 0 bridgehead atoms. The Labute approximate surface area is 109 Å². The first kappa shape index (κ1) is 12.8. The molecule has 1 aromatic carbocycles. The van der Waals surface area contributed by atoms with Gasteiger partial charge < -0.3 is 5.32 Å². The first-order valence-corrected chi connectivity index (χ1v) is 6.46. The van der Waals surface area contributed by atoms with Crippen LogP contribution in [0.3, 0.4) is 0 Å². The van der Waals surface area contributed by atoms with Gasteiger partial charge in [-0.3, -0.25) is 4.98 Å². The van der Waals surface area contributed by atoms with Gasteiger partial charge in [0.25, 0.3) is 0 Å². The Morgan fingerprint density at radius 3 is 2.39 bits per heavy atom. The minimum absolute atomic E-state index is 0.282. The van der Waals surface area contributed by atoms with Gasteiger partial charge in [0, 0.05) is 18.3 Å². The summed E-state index contributed by atoms with van der Waals surface area (Å²) in [4.78, 5) is 4.38. The van der Waals surface area contributed by atoms with Crippen molar-refractivity contribution in [2.24, 2.45) is 0 Å². The Morgan fingerprint density at radius 2 is 1.72 bits per heavy atom. The van der Waals surface area contributed by atoms with E-state index >= 15 is 0 Å². The average molecular weight is 240 g/mol. The lowest BCUT2D eigenvalue weighted by Crippen LogP contribution is -2.31. The molecule has 0 aliphatic rings. The normalized spacial score (nSPS) is 14.1. The smallest absolute Gasteiger partial charge is 0.0570 e. The molecule has 1 unspecified atom stereocenters. The quantitative estimate of drug-likeness (QED) is 0.866. The fraction of sp³-hybridized carbons (Fsp3) is 0.312. The van der Waals surface area contributed by atoms with Crippen molar-refractivity contribution in [3.8, 4) is 0 Å². The van der Waals surface area contributed by atoms with Crippen LogP contribution in [0, 0.1) is 0 Å². The van der Waals surface area contributed by atoms with Crippen LogP contribution in [0.25, 0.3) is 0 Å². The lowest BCUT2D eigenvalue weighted by atomic mass is 10.1. The topological polar surface area (TPSA) is 24.9 Å². The van der Waals surface area contributed by atoms with Crippen molar-refractivity contribution < 1.29 is 0 Å². The molecule has 0 aliphatic heterocycles. The third-order valence-electron chi connectivity index (χ3n) is 3.05. The molecule has 0 aliphatic carbocycles. The number of benzene rings is 1. The number of hydrogen-bond acceptors (Lipinski definition) is 2. The van der Waals surface area contributed by atoms with Gasteiger partial charge >= 0.3 is 0 Å². The maximum absolute atomic E-state index is 4.38. The van der Waals surface area contributed by atoms with E-state index in [1.165, 1.54) is 5.56 Å². The van der Waals surface area contributed by atoms with Crippen LogP contribution in [-0.4, -0.2) is 11.0 Å². The van der Waals surface area contributed by atoms with Gasteiger partial charge in [-0.2, -0.15) is 0 Å². The molecule has 0 fully saturated rings. The zero-order chi connectivity index (χ0) is 12.8. The molecule has 0 spiro atoms. The van der Waals surface area contributed by atoms with Crippen LogP contribution < -0.4 is 5.32 Å². The monoisotopic (exact) mass is 240 g/mol. The van der Waals surface area contributed by atoms with E-state index in [0.717, 1.165) is 12.1 Å². The molecule has 0 saturated carbocycles. The number of hydrogen-bond donors (Lipinski definition) is 1. The molecule has 2 aromatic rings. The number of nitrogens with zero attached hydrogens (tertiary/aromatic N) is 1. The van der Waals surface area contributed by atoms with Crippen molar-refractivity contribution in [1.29, 1.82) is 0 Å². The average Bonchev–Trinajstić information content (AvgIpc) is 2.40. The third kappa shape index (κ3) is 3.67. The molecule has 1 heterocycles. The second-order valence-electron chi connectivity index (χ2n) is 4.73. The summed E-state index contributed by atoms with van der Waals surface area (Å²) < 4.78 is 0. The van der Waals surface area contributed by atoms with Gasteiger partial charge in [0.05, 0.1) is 5.69 Å². The van der Waals surface area contributed by atoms with Crippen molar-refractivity contribution in [3.63, 3.8) is 0 Å². The molecule has 1 N–H and O–H groups in total. The van der Waals surface area contributed by atoms with Gasteiger partial charge in [-0.05, 0) is 38.0 Å². The van der Waals surface area contributed by atoms with Gasteiger partial charge in [0.2, 0.25) is 0 Å². The van der Waals surface area contributed by atoms with Crippen LogP contribution in [0.4, 0.5) is 0 Å². The Kier molecular flexibility index (Phi) is 4.48. The first-order chi connectivity index (χ1) is 8.75. The second-order valence-corrected chi connectivity index (χ2v) is 4.73. The third-order valence-corrected chi connectivity index (χ3v) is 3.05. The van der Waals surface area contributed by atoms with E-state index in [1.54, 1.807) is 0 Å². The van der Waals surface area contributed by atoms with E-state index in [4.69, 9.17) is 0 Å². The highest BCUT2D eigenvalue weighted by molar-refractivity contribution is 5.16. The van der Waals surface area contributed by atoms with Crippen LogP contribution in [0.15, 0.2) is 54.7 Å². The van der Waals surface area contributed by atoms with Gasteiger partial charge in [0.1, 0.15) is 0 Å². The number of nitrogens with one attached hydrogen (secondary N) is 1. The number of pyridine rings is 1. The maximum atomic E-state index is 4.38. The Balaban J connectivity index is 1.90. The summed E-state index contributed by atoms with van der Waals surface area (Å²) in [5.41, 5.74) is 2.46. The maximum Gasteiger partial charge on any atom is 0.0570 e. The van der Waals surface area contributed by atoms with Gasteiger partial charge in [-0.25, -0.2) is 0 Å². The molecule has 2 atom stereocenters. The van der Waals surface area contributed by atoms with Crippen LogP contribution in [0.1, 0.15) is 31.1 Å². The van der Waals surface area contributed by atoms with Gasteiger partial charge in [-0.1, -0.05) is 36.4 Å². The van der Waals surface area contributed by atoms with E-state index in [-0.39, 0.29) is 6.04 Å². The van der Waals surface area contributed by atoms with Crippen molar-refractivity contribution in [1.82, 2.24) is 10.3 Å². The van der Waals surface area contributed by atoms with Crippen molar-refractivity contribution in [2.45, 2.75) is 32.4 Å². The standard InChI is InChI=1S/C16H20N2/c1-13(12-15-8-4-3-5-9-15)18-14(2)16-10-6-7-11-17-16/h3-11,13-14,18H,12H2,1-2H3/t13?,14-/m0/s1. The summed E-state index contributed by atoms with van der Waals surface area (Å²) in [5, 5.41) is 3.58. The fourth-order valence-corrected chi connectivity index (χ4v) is 2.17.